The van der Waals surface area contributed by atoms with Crippen LogP contribution in [0.3, 0.4) is 0 Å². The summed E-state index contributed by atoms with van der Waals surface area (Å²) in [6, 6.07) is 12.8. The highest BCUT2D eigenvalue weighted by atomic mass is 15.1. The maximum atomic E-state index is 4.03. The number of nitrogens with one attached hydrogen (secondary N) is 1. The standard InChI is InChI=1S/C18H25N3/c1-3-21(4-2)14-11-16-5-7-18(8-6-16)20-15-17-9-12-19-13-10-17/h5-10,12-13,20H,3-4,11,14-15H2,1-2H3. The van der Waals surface area contributed by atoms with Crippen LogP contribution >= 0.6 is 0 Å². The first-order chi connectivity index (χ1) is 10.3. The minimum Gasteiger partial charge on any atom is -0.381 e. The van der Waals surface area contributed by atoms with Gasteiger partial charge in [-0.25, -0.2) is 0 Å². The second-order valence-corrected chi connectivity index (χ2v) is 5.18. The molecule has 1 heterocycles. The summed E-state index contributed by atoms with van der Waals surface area (Å²) in [5.41, 5.74) is 3.81. The zero-order valence-electron chi connectivity index (χ0n) is 13.0. The molecule has 3 heteroatoms. The Hall–Kier alpha value is -1.87. The van der Waals surface area contributed by atoms with E-state index in [2.05, 4.69) is 53.3 Å². The maximum absolute atomic E-state index is 4.03. The number of likely N-dealkylation sites (N-methyl/N-ethyl adjacent to an activating group) is 1. The molecule has 2 rings (SSSR count). The lowest BCUT2D eigenvalue weighted by molar-refractivity contribution is 0.308. The van der Waals surface area contributed by atoms with E-state index in [1.807, 2.05) is 24.5 Å². The van der Waals surface area contributed by atoms with Crippen LogP contribution in [0.4, 0.5) is 5.69 Å². The summed E-state index contributed by atoms with van der Waals surface area (Å²) in [7, 11) is 0. The van der Waals surface area contributed by atoms with E-state index in [0.717, 1.165) is 32.6 Å². The molecule has 0 aliphatic carbocycles. The first-order valence-corrected chi connectivity index (χ1v) is 7.76. The normalized spacial score (nSPS) is 10.8. The molecule has 2 aromatic rings. The van der Waals surface area contributed by atoms with Crippen molar-refractivity contribution in [2.24, 2.45) is 0 Å². The lowest BCUT2D eigenvalue weighted by atomic mass is 10.1. The van der Waals surface area contributed by atoms with Crippen molar-refractivity contribution in [1.82, 2.24) is 9.88 Å². The van der Waals surface area contributed by atoms with Crippen LogP contribution in [0.2, 0.25) is 0 Å². The van der Waals surface area contributed by atoms with Gasteiger partial charge < -0.3 is 10.2 Å². The second kappa shape index (κ2) is 8.42. The first kappa shape index (κ1) is 15.5. The molecule has 0 saturated carbocycles. The number of nitrogens with zero attached hydrogens (tertiary/aromatic N) is 2. The molecular formula is C18H25N3. The molecule has 0 aliphatic heterocycles. The van der Waals surface area contributed by atoms with E-state index < -0.39 is 0 Å². The molecule has 112 valence electrons. The Kier molecular flexibility index (Phi) is 6.22. The fourth-order valence-electron chi connectivity index (χ4n) is 2.32. The maximum Gasteiger partial charge on any atom is 0.0401 e. The molecule has 1 aromatic heterocycles. The molecule has 0 atom stereocenters. The van der Waals surface area contributed by atoms with Crippen LogP contribution in [0, 0.1) is 0 Å². The van der Waals surface area contributed by atoms with Crippen LogP contribution in [-0.2, 0) is 13.0 Å². The van der Waals surface area contributed by atoms with E-state index in [0.29, 0.717) is 0 Å². The summed E-state index contributed by atoms with van der Waals surface area (Å²) < 4.78 is 0. The lowest BCUT2D eigenvalue weighted by Gasteiger charge is -2.17. The van der Waals surface area contributed by atoms with Crippen molar-refractivity contribution in [3.63, 3.8) is 0 Å². The molecule has 3 nitrogen and oxygen atoms in total. The van der Waals surface area contributed by atoms with Gasteiger partial charge in [-0.2, -0.15) is 0 Å². The van der Waals surface area contributed by atoms with Gasteiger partial charge in [-0.3, -0.25) is 4.98 Å². The van der Waals surface area contributed by atoms with E-state index in [1.54, 1.807) is 0 Å². The van der Waals surface area contributed by atoms with Crippen LogP contribution in [-0.4, -0.2) is 29.5 Å². The van der Waals surface area contributed by atoms with Gasteiger partial charge in [0, 0.05) is 31.2 Å². The molecule has 21 heavy (non-hydrogen) atoms. The number of hydrogen-bond acceptors (Lipinski definition) is 3. The van der Waals surface area contributed by atoms with Gasteiger partial charge in [0.25, 0.3) is 0 Å². The van der Waals surface area contributed by atoms with Crippen molar-refractivity contribution in [3.8, 4) is 0 Å². The fraction of sp³-hybridized carbons (Fsp3) is 0.389. The molecule has 0 bridgehead atoms. The third kappa shape index (κ3) is 5.20. The number of hydrogen-bond donors (Lipinski definition) is 1. The van der Waals surface area contributed by atoms with Crippen molar-refractivity contribution < 1.29 is 0 Å². The summed E-state index contributed by atoms with van der Waals surface area (Å²) >= 11 is 0. The van der Waals surface area contributed by atoms with Crippen molar-refractivity contribution in [3.05, 3.63) is 59.9 Å². The SMILES string of the molecule is CCN(CC)CCc1ccc(NCc2ccncc2)cc1. The van der Waals surface area contributed by atoms with Gasteiger partial charge in [0.1, 0.15) is 0 Å². The monoisotopic (exact) mass is 283 g/mol. The molecule has 0 spiro atoms. The Labute approximate surface area is 128 Å². The smallest absolute Gasteiger partial charge is 0.0401 e. The number of aromatic nitrogens is 1. The Morgan fingerprint density at radius 2 is 1.57 bits per heavy atom. The average Bonchev–Trinajstić information content (AvgIpc) is 2.56. The summed E-state index contributed by atoms with van der Waals surface area (Å²) in [5, 5.41) is 3.44. The van der Waals surface area contributed by atoms with E-state index in [9.17, 15) is 0 Å². The number of benzene rings is 1. The Morgan fingerprint density at radius 1 is 0.905 bits per heavy atom. The lowest BCUT2D eigenvalue weighted by Crippen LogP contribution is -2.25. The van der Waals surface area contributed by atoms with Crippen molar-refractivity contribution in [2.45, 2.75) is 26.8 Å². The summed E-state index contributed by atoms with van der Waals surface area (Å²) in [5.74, 6) is 0. The highest BCUT2D eigenvalue weighted by Gasteiger charge is 2.00. The van der Waals surface area contributed by atoms with Gasteiger partial charge >= 0.3 is 0 Å². The van der Waals surface area contributed by atoms with Gasteiger partial charge in [-0.15, -0.1) is 0 Å². The number of pyridine rings is 1. The summed E-state index contributed by atoms with van der Waals surface area (Å²) in [6.07, 6.45) is 4.77. The largest absolute Gasteiger partial charge is 0.381 e. The van der Waals surface area contributed by atoms with Crippen molar-refractivity contribution >= 4 is 5.69 Å². The van der Waals surface area contributed by atoms with Gasteiger partial charge in [0.15, 0.2) is 0 Å². The van der Waals surface area contributed by atoms with E-state index >= 15 is 0 Å². The summed E-state index contributed by atoms with van der Waals surface area (Å²) in [4.78, 5) is 6.48. The van der Waals surface area contributed by atoms with E-state index in [-0.39, 0.29) is 0 Å². The molecule has 1 N–H and O–H groups in total. The number of rotatable bonds is 8. The molecule has 0 unspecified atom stereocenters. The zero-order chi connectivity index (χ0) is 14.9. The Morgan fingerprint density at radius 3 is 2.19 bits per heavy atom. The fourth-order valence-corrected chi connectivity index (χ4v) is 2.32. The van der Waals surface area contributed by atoms with Crippen LogP contribution in [0.5, 0.6) is 0 Å². The highest BCUT2D eigenvalue weighted by molar-refractivity contribution is 5.45. The summed E-state index contributed by atoms with van der Waals surface area (Å²) in [6.45, 7) is 8.66. The highest BCUT2D eigenvalue weighted by Crippen LogP contribution is 2.12. The first-order valence-electron chi connectivity index (χ1n) is 7.76. The molecule has 0 fully saturated rings. The van der Waals surface area contributed by atoms with Crippen LogP contribution in [0.1, 0.15) is 25.0 Å². The molecule has 0 radical (unpaired) electrons. The average molecular weight is 283 g/mol. The molecule has 0 amide bonds. The molecule has 1 aromatic carbocycles. The molecule has 0 aliphatic rings. The Bertz CT molecular complexity index is 504. The van der Waals surface area contributed by atoms with Crippen molar-refractivity contribution in [1.29, 1.82) is 0 Å². The minimum absolute atomic E-state index is 0.835. The zero-order valence-corrected chi connectivity index (χ0v) is 13.0. The quantitative estimate of drug-likeness (QED) is 0.802. The van der Waals surface area contributed by atoms with Gasteiger partial charge in [-0.1, -0.05) is 26.0 Å². The third-order valence-electron chi connectivity index (χ3n) is 3.81. The van der Waals surface area contributed by atoms with Crippen LogP contribution in [0.15, 0.2) is 48.8 Å². The molecular weight excluding hydrogens is 258 g/mol. The van der Waals surface area contributed by atoms with Gasteiger partial charge in [0.05, 0.1) is 0 Å². The topological polar surface area (TPSA) is 28.2 Å². The van der Waals surface area contributed by atoms with Crippen LogP contribution in [0.25, 0.3) is 0 Å². The van der Waals surface area contributed by atoms with Crippen molar-refractivity contribution in [2.75, 3.05) is 25.0 Å². The third-order valence-corrected chi connectivity index (χ3v) is 3.81. The Balaban J connectivity index is 1.81. The minimum atomic E-state index is 0.835. The predicted molar refractivity (Wildman–Crippen MR) is 89.5 cm³/mol. The van der Waals surface area contributed by atoms with Gasteiger partial charge in [0.2, 0.25) is 0 Å². The van der Waals surface area contributed by atoms with E-state index in [4.69, 9.17) is 0 Å². The van der Waals surface area contributed by atoms with Crippen LogP contribution < -0.4 is 5.32 Å². The number of anilines is 1. The van der Waals surface area contributed by atoms with Gasteiger partial charge in [-0.05, 0) is 54.9 Å². The van der Waals surface area contributed by atoms with E-state index in [1.165, 1.54) is 16.8 Å². The molecule has 0 saturated heterocycles. The second-order valence-electron chi connectivity index (χ2n) is 5.18. The predicted octanol–water partition coefficient (Wildman–Crippen LogP) is 3.58.